The van der Waals surface area contributed by atoms with Crippen LogP contribution in [-0.2, 0) is 4.79 Å². The van der Waals surface area contributed by atoms with Crippen LogP contribution in [0.3, 0.4) is 0 Å². The van der Waals surface area contributed by atoms with E-state index in [4.69, 9.17) is 0 Å². The summed E-state index contributed by atoms with van der Waals surface area (Å²) in [6, 6.07) is 26.6. The Morgan fingerprint density at radius 3 is 2.21 bits per heavy atom. The smallest absolute Gasteiger partial charge is 0.163 e. The fraction of sp³-hybridized carbons (Fsp3) is 0.160. The summed E-state index contributed by atoms with van der Waals surface area (Å²) in [5, 5.41) is 7.21. The topological polar surface area (TPSA) is 41.1 Å². The van der Waals surface area contributed by atoms with Crippen molar-refractivity contribution in [2.24, 2.45) is 0 Å². The van der Waals surface area contributed by atoms with Gasteiger partial charge in [-0.15, -0.1) is 0 Å². The van der Waals surface area contributed by atoms with Crippen LogP contribution in [0.1, 0.15) is 35.9 Å². The molecular weight excluding hydrogens is 424 g/mol. The van der Waals surface area contributed by atoms with Gasteiger partial charge in [0.15, 0.2) is 5.78 Å². The molecule has 3 nitrogen and oxygen atoms in total. The van der Waals surface area contributed by atoms with Crippen LogP contribution in [0.15, 0.2) is 94.6 Å². The number of ketones is 1. The minimum atomic E-state index is -0.168. The lowest BCUT2D eigenvalue weighted by Gasteiger charge is -2.30. The van der Waals surface area contributed by atoms with Crippen LogP contribution in [0, 0.1) is 0 Å². The molecule has 0 amide bonds. The summed E-state index contributed by atoms with van der Waals surface area (Å²) in [5.74, 6) is 0.409. The Morgan fingerprint density at radius 1 is 0.759 bits per heavy atom. The number of hydrogen-bond donors (Lipinski definition) is 2. The number of halogens is 1. The lowest BCUT2D eigenvalue weighted by atomic mass is 9.78. The first-order valence-electron chi connectivity index (χ1n) is 9.88. The summed E-state index contributed by atoms with van der Waals surface area (Å²) in [4.78, 5) is 13.4. The minimum absolute atomic E-state index is 0.168. The van der Waals surface area contributed by atoms with Crippen LogP contribution >= 0.6 is 15.9 Å². The normalized spacial score (nSPS) is 20.8. The van der Waals surface area contributed by atoms with E-state index in [1.54, 1.807) is 0 Å². The molecule has 0 fully saturated rings. The maximum atomic E-state index is 13.4. The Labute approximate surface area is 179 Å². The molecule has 2 atom stereocenters. The number of benzene rings is 3. The van der Waals surface area contributed by atoms with E-state index < -0.39 is 0 Å². The molecule has 1 aliphatic heterocycles. The molecule has 5 rings (SSSR count). The summed E-state index contributed by atoms with van der Waals surface area (Å²) < 4.78 is 1.03. The lowest BCUT2D eigenvalue weighted by molar-refractivity contribution is -0.116. The highest BCUT2D eigenvalue weighted by Crippen LogP contribution is 2.44. The van der Waals surface area contributed by atoms with Gasteiger partial charge >= 0.3 is 0 Å². The van der Waals surface area contributed by atoms with Crippen LogP contribution in [0.25, 0.3) is 0 Å². The van der Waals surface area contributed by atoms with Crippen molar-refractivity contribution in [3.05, 3.63) is 106 Å². The average molecular weight is 445 g/mol. The Balaban J connectivity index is 1.61. The maximum Gasteiger partial charge on any atom is 0.163 e. The van der Waals surface area contributed by atoms with Crippen molar-refractivity contribution in [2.45, 2.75) is 24.8 Å². The maximum absolute atomic E-state index is 13.4. The summed E-state index contributed by atoms with van der Waals surface area (Å²) in [6.07, 6.45) is 1.36. The van der Waals surface area contributed by atoms with Crippen molar-refractivity contribution in [1.29, 1.82) is 0 Å². The van der Waals surface area contributed by atoms with Crippen molar-refractivity contribution < 1.29 is 4.79 Å². The number of carbonyl (C=O) groups excluding carboxylic acids is 1. The monoisotopic (exact) mass is 444 g/mol. The molecule has 0 saturated carbocycles. The number of anilines is 2. The van der Waals surface area contributed by atoms with Crippen LogP contribution in [-0.4, -0.2) is 5.78 Å². The SMILES string of the molecule is O=C1C[C@@H](c2ccccc2)CC2=C1[C@H](c1ccc(Br)cc1)Nc1ccccc1N2. The molecule has 0 radical (unpaired) electrons. The second-order valence-corrected chi connectivity index (χ2v) is 8.55. The number of fused-ring (bicyclic) bond motifs is 1. The van der Waals surface area contributed by atoms with Crippen molar-refractivity contribution >= 4 is 33.1 Å². The quantitative estimate of drug-likeness (QED) is 0.478. The van der Waals surface area contributed by atoms with E-state index in [1.807, 2.05) is 42.5 Å². The van der Waals surface area contributed by atoms with Crippen LogP contribution in [0.2, 0.25) is 0 Å². The van der Waals surface area contributed by atoms with Gasteiger partial charge in [-0.1, -0.05) is 70.5 Å². The Hall–Kier alpha value is -2.85. The Morgan fingerprint density at radius 2 is 1.45 bits per heavy atom. The molecule has 0 bridgehead atoms. The molecule has 29 heavy (non-hydrogen) atoms. The first-order valence-corrected chi connectivity index (χ1v) is 10.7. The first-order chi connectivity index (χ1) is 14.2. The number of carbonyl (C=O) groups is 1. The van der Waals surface area contributed by atoms with Gasteiger partial charge in [-0.05, 0) is 47.7 Å². The summed E-state index contributed by atoms with van der Waals surface area (Å²) in [6.45, 7) is 0. The summed E-state index contributed by atoms with van der Waals surface area (Å²) in [5.41, 5.74) is 6.22. The molecule has 0 unspecified atom stereocenters. The van der Waals surface area contributed by atoms with Gasteiger partial charge in [-0.2, -0.15) is 0 Å². The molecule has 1 heterocycles. The lowest BCUT2D eigenvalue weighted by Crippen LogP contribution is -2.26. The van der Waals surface area contributed by atoms with Crippen LogP contribution in [0.5, 0.6) is 0 Å². The fourth-order valence-corrected chi connectivity index (χ4v) is 4.62. The first kappa shape index (κ1) is 18.2. The molecule has 3 aromatic carbocycles. The summed E-state index contributed by atoms with van der Waals surface area (Å²) >= 11 is 3.51. The van der Waals surface area contributed by atoms with E-state index in [0.717, 1.165) is 39.1 Å². The third kappa shape index (κ3) is 3.49. The van der Waals surface area contributed by atoms with E-state index in [1.165, 1.54) is 5.56 Å². The number of rotatable bonds is 2. The van der Waals surface area contributed by atoms with Crippen molar-refractivity contribution in [1.82, 2.24) is 0 Å². The third-order valence-corrected chi connectivity index (χ3v) is 6.31. The molecule has 144 valence electrons. The second-order valence-electron chi connectivity index (χ2n) is 7.63. The minimum Gasteiger partial charge on any atom is -0.372 e. The van der Waals surface area contributed by atoms with Gasteiger partial charge in [-0.25, -0.2) is 0 Å². The Bertz CT molecular complexity index is 1090. The zero-order valence-electron chi connectivity index (χ0n) is 15.9. The fourth-order valence-electron chi connectivity index (χ4n) is 4.36. The van der Waals surface area contributed by atoms with Crippen molar-refractivity contribution in [3.8, 4) is 0 Å². The van der Waals surface area contributed by atoms with Gasteiger partial charge in [0.2, 0.25) is 0 Å². The van der Waals surface area contributed by atoms with Crippen LogP contribution < -0.4 is 10.6 Å². The van der Waals surface area contributed by atoms with E-state index in [9.17, 15) is 4.79 Å². The molecule has 4 heteroatoms. The van der Waals surface area contributed by atoms with E-state index in [-0.39, 0.29) is 17.7 Å². The molecule has 2 aliphatic rings. The highest BCUT2D eigenvalue weighted by Gasteiger charge is 2.35. The molecule has 0 saturated heterocycles. The van der Waals surface area contributed by atoms with Gasteiger partial charge in [0.1, 0.15) is 0 Å². The molecule has 0 spiro atoms. The van der Waals surface area contributed by atoms with Crippen molar-refractivity contribution in [3.63, 3.8) is 0 Å². The molecule has 2 N–H and O–H groups in total. The average Bonchev–Trinajstić information content (AvgIpc) is 2.92. The highest BCUT2D eigenvalue weighted by molar-refractivity contribution is 9.10. The second kappa shape index (κ2) is 7.53. The van der Waals surface area contributed by atoms with Gasteiger partial charge in [0.05, 0.1) is 17.4 Å². The zero-order chi connectivity index (χ0) is 19.8. The van der Waals surface area contributed by atoms with E-state index in [0.29, 0.717) is 6.42 Å². The van der Waals surface area contributed by atoms with Crippen LogP contribution in [0.4, 0.5) is 11.4 Å². The molecular formula is C25H21BrN2O. The molecule has 3 aromatic rings. The number of allylic oxidation sites excluding steroid dienone is 1. The Kier molecular flexibility index (Phi) is 4.72. The number of Topliss-reactive ketones (excluding diaryl/α,β-unsaturated/α-hetero) is 1. The van der Waals surface area contributed by atoms with Gasteiger partial charge in [0.25, 0.3) is 0 Å². The predicted molar refractivity (Wildman–Crippen MR) is 121 cm³/mol. The zero-order valence-corrected chi connectivity index (χ0v) is 17.4. The largest absolute Gasteiger partial charge is 0.372 e. The third-order valence-electron chi connectivity index (χ3n) is 5.78. The number of nitrogens with one attached hydrogen (secondary N) is 2. The van der Waals surface area contributed by atoms with Gasteiger partial charge in [-0.3, -0.25) is 4.79 Å². The van der Waals surface area contributed by atoms with Gasteiger partial charge in [0, 0.05) is 22.2 Å². The van der Waals surface area contributed by atoms with E-state index >= 15 is 0 Å². The molecule has 1 aliphatic carbocycles. The standard InChI is InChI=1S/C25H21BrN2O/c26-19-12-10-17(11-13-19)25-24-22(27-20-8-4-5-9-21(20)28-25)14-18(15-23(24)29)16-6-2-1-3-7-16/h1-13,18,25,27-28H,14-15H2/t18-,25-/m0/s1. The van der Waals surface area contributed by atoms with Gasteiger partial charge < -0.3 is 10.6 Å². The number of para-hydroxylation sites is 2. The number of hydrogen-bond acceptors (Lipinski definition) is 3. The van der Waals surface area contributed by atoms with E-state index in [2.05, 4.69) is 63.0 Å². The summed E-state index contributed by atoms with van der Waals surface area (Å²) in [7, 11) is 0. The van der Waals surface area contributed by atoms with Crippen molar-refractivity contribution in [2.75, 3.05) is 10.6 Å². The molecule has 0 aromatic heterocycles. The predicted octanol–water partition coefficient (Wildman–Crippen LogP) is 6.43. The highest BCUT2D eigenvalue weighted by atomic mass is 79.9.